The van der Waals surface area contributed by atoms with Crippen LogP contribution in [0.25, 0.3) is 0 Å². The van der Waals surface area contributed by atoms with E-state index in [4.69, 9.17) is 11.6 Å². The second-order valence-electron chi connectivity index (χ2n) is 4.89. The summed E-state index contributed by atoms with van der Waals surface area (Å²) >= 11 is 6.17. The maximum absolute atomic E-state index is 13.2. The molecular formula is C16H14ClF3. The fourth-order valence-electron chi connectivity index (χ4n) is 2.01. The topological polar surface area (TPSA) is 0 Å². The highest BCUT2D eigenvalue weighted by atomic mass is 35.5. The average Bonchev–Trinajstić information content (AvgIpc) is 2.39. The molecule has 20 heavy (non-hydrogen) atoms. The van der Waals surface area contributed by atoms with Crippen molar-refractivity contribution in [1.82, 2.24) is 0 Å². The molecule has 0 radical (unpaired) electrons. The Morgan fingerprint density at radius 1 is 0.950 bits per heavy atom. The smallest absolute Gasteiger partial charge is 0.194 e. The van der Waals surface area contributed by atoms with Crippen LogP contribution in [-0.4, -0.2) is 0 Å². The molecule has 0 saturated carbocycles. The summed E-state index contributed by atoms with van der Waals surface area (Å²) in [7, 11) is 0. The van der Waals surface area contributed by atoms with Gasteiger partial charge >= 0.3 is 0 Å². The van der Waals surface area contributed by atoms with Crippen molar-refractivity contribution in [3.8, 4) is 0 Å². The van der Waals surface area contributed by atoms with Gasteiger partial charge in [-0.3, -0.25) is 0 Å². The van der Waals surface area contributed by atoms with Crippen molar-refractivity contribution in [2.75, 3.05) is 0 Å². The van der Waals surface area contributed by atoms with Gasteiger partial charge in [0.1, 0.15) is 0 Å². The number of aryl methyl sites for hydroxylation is 2. The van der Waals surface area contributed by atoms with Crippen molar-refractivity contribution in [1.29, 1.82) is 0 Å². The number of hydrogen-bond donors (Lipinski definition) is 0. The summed E-state index contributed by atoms with van der Waals surface area (Å²) in [6, 6.07) is 7.77. The summed E-state index contributed by atoms with van der Waals surface area (Å²) in [5.74, 6) is -3.90. The quantitative estimate of drug-likeness (QED) is 0.537. The molecule has 0 nitrogen and oxygen atoms in total. The molecule has 0 bridgehead atoms. The lowest BCUT2D eigenvalue weighted by atomic mass is 10.00. The van der Waals surface area contributed by atoms with Crippen molar-refractivity contribution in [2.45, 2.75) is 25.6 Å². The van der Waals surface area contributed by atoms with Crippen molar-refractivity contribution in [2.24, 2.45) is 0 Å². The fourth-order valence-corrected chi connectivity index (χ4v) is 2.32. The highest BCUT2D eigenvalue weighted by molar-refractivity contribution is 6.20. The molecule has 1 atom stereocenters. The van der Waals surface area contributed by atoms with Crippen LogP contribution in [0, 0.1) is 31.3 Å². The monoisotopic (exact) mass is 298 g/mol. The molecule has 2 rings (SSSR count). The molecule has 0 aliphatic carbocycles. The predicted molar refractivity (Wildman–Crippen MR) is 74.5 cm³/mol. The van der Waals surface area contributed by atoms with Crippen molar-refractivity contribution in [3.63, 3.8) is 0 Å². The third kappa shape index (κ3) is 3.15. The largest absolute Gasteiger partial charge is 0.204 e. The van der Waals surface area contributed by atoms with E-state index in [9.17, 15) is 13.2 Å². The van der Waals surface area contributed by atoms with E-state index >= 15 is 0 Å². The molecule has 2 aromatic carbocycles. The molecular weight excluding hydrogens is 285 g/mol. The summed E-state index contributed by atoms with van der Waals surface area (Å²) in [4.78, 5) is 0. The minimum atomic E-state index is -1.47. The zero-order valence-corrected chi connectivity index (χ0v) is 11.9. The molecule has 1 unspecified atom stereocenters. The number of alkyl halides is 1. The van der Waals surface area contributed by atoms with Crippen LogP contribution in [0.3, 0.4) is 0 Å². The molecule has 0 aromatic heterocycles. The summed E-state index contributed by atoms with van der Waals surface area (Å²) < 4.78 is 39.3. The molecule has 0 N–H and O–H groups in total. The first-order chi connectivity index (χ1) is 9.38. The van der Waals surface area contributed by atoms with Gasteiger partial charge in [-0.25, -0.2) is 13.2 Å². The molecule has 0 spiro atoms. The zero-order chi connectivity index (χ0) is 14.9. The van der Waals surface area contributed by atoms with E-state index in [2.05, 4.69) is 0 Å². The van der Waals surface area contributed by atoms with Crippen LogP contribution in [0.1, 0.15) is 27.6 Å². The van der Waals surface area contributed by atoms with Crippen molar-refractivity contribution < 1.29 is 13.2 Å². The Hall–Kier alpha value is -1.48. The summed E-state index contributed by atoms with van der Waals surface area (Å²) in [5, 5.41) is -0.610. The molecule has 106 valence electrons. The summed E-state index contributed by atoms with van der Waals surface area (Å²) in [6.07, 6.45) is 0.424. The van der Waals surface area contributed by atoms with Crippen LogP contribution in [0.4, 0.5) is 13.2 Å². The van der Waals surface area contributed by atoms with E-state index in [1.807, 2.05) is 32.0 Å². The van der Waals surface area contributed by atoms with Crippen LogP contribution in [-0.2, 0) is 6.42 Å². The molecule has 2 aromatic rings. The molecule has 4 heteroatoms. The lowest BCUT2D eigenvalue weighted by molar-refractivity contribution is 0.445. The first-order valence-corrected chi connectivity index (χ1v) is 6.66. The van der Waals surface area contributed by atoms with Gasteiger partial charge in [-0.05, 0) is 54.7 Å². The number of halogens is 4. The Morgan fingerprint density at radius 3 is 2.10 bits per heavy atom. The molecule has 0 aliphatic heterocycles. The van der Waals surface area contributed by atoms with Crippen LogP contribution in [0.15, 0.2) is 30.3 Å². The fraction of sp³-hybridized carbons (Fsp3) is 0.250. The normalized spacial score (nSPS) is 12.5. The van der Waals surface area contributed by atoms with E-state index in [-0.39, 0.29) is 5.56 Å². The first kappa shape index (κ1) is 14.9. The Balaban J connectivity index is 2.23. The van der Waals surface area contributed by atoms with Gasteiger partial charge in [0.05, 0.1) is 5.38 Å². The lowest BCUT2D eigenvalue weighted by Gasteiger charge is -2.12. The van der Waals surface area contributed by atoms with Gasteiger partial charge in [0, 0.05) is 0 Å². The van der Waals surface area contributed by atoms with Gasteiger partial charge in [-0.2, -0.15) is 0 Å². The van der Waals surface area contributed by atoms with Crippen LogP contribution in [0.2, 0.25) is 0 Å². The highest BCUT2D eigenvalue weighted by Gasteiger charge is 2.16. The zero-order valence-electron chi connectivity index (χ0n) is 11.2. The van der Waals surface area contributed by atoms with Crippen LogP contribution < -0.4 is 0 Å². The third-order valence-corrected chi connectivity index (χ3v) is 3.76. The lowest BCUT2D eigenvalue weighted by Crippen LogP contribution is -2.01. The van der Waals surface area contributed by atoms with E-state index in [1.165, 1.54) is 5.56 Å². The Morgan fingerprint density at radius 2 is 1.55 bits per heavy atom. The molecule has 0 saturated heterocycles. The summed E-state index contributed by atoms with van der Waals surface area (Å²) in [5.41, 5.74) is 3.50. The maximum atomic E-state index is 13.2. The third-order valence-electron chi connectivity index (χ3n) is 3.35. The van der Waals surface area contributed by atoms with Crippen molar-refractivity contribution >= 4 is 11.6 Å². The van der Waals surface area contributed by atoms with E-state index in [0.29, 0.717) is 6.42 Å². The van der Waals surface area contributed by atoms with Gasteiger partial charge in [0.15, 0.2) is 17.5 Å². The molecule has 0 amide bonds. The molecule has 0 heterocycles. The van der Waals surface area contributed by atoms with Gasteiger partial charge in [0.2, 0.25) is 0 Å². The average molecular weight is 299 g/mol. The van der Waals surface area contributed by atoms with Gasteiger partial charge < -0.3 is 0 Å². The van der Waals surface area contributed by atoms with Gasteiger partial charge in [-0.1, -0.05) is 18.2 Å². The van der Waals surface area contributed by atoms with E-state index in [0.717, 1.165) is 23.3 Å². The van der Waals surface area contributed by atoms with E-state index in [1.54, 1.807) is 0 Å². The second-order valence-corrected chi connectivity index (χ2v) is 5.42. The SMILES string of the molecule is Cc1ccc(CC(Cl)c2cc(F)c(F)c(F)c2)cc1C. The standard InChI is InChI=1S/C16H14ClF3/c1-9-3-4-11(5-10(9)2)6-13(17)12-7-14(18)16(20)15(19)8-12/h3-5,7-8,13H,6H2,1-2H3. The van der Waals surface area contributed by atoms with Gasteiger partial charge in [0.25, 0.3) is 0 Å². The maximum Gasteiger partial charge on any atom is 0.194 e. The predicted octanol–water partition coefficient (Wildman–Crippen LogP) is 5.24. The first-order valence-electron chi connectivity index (χ1n) is 6.23. The second kappa shape index (κ2) is 5.88. The number of benzene rings is 2. The Kier molecular flexibility index (Phi) is 4.39. The van der Waals surface area contributed by atoms with Crippen molar-refractivity contribution in [3.05, 3.63) is 70.0 Å². The Labute approximate surface area is 121 Å². The summed E-state index contributed by atoms with van der Waals surface area (Å²) in [6.45, 7) is 3.99. The minimum absolute atomic E-state index is 0.237. The minimum Gasteiger partial charge on any atom is -0.204 e. The van der Waals surface area contributed by atoms with E-state index < -0.39 is 22.8 Å². The number of hydrogen-bond acceptors (Lipinski definition) is 0. The van der Waals surface area contributed by atoms with Crippen LogP contribution in [0.5, 0.6) is 0 Å². The molecule has 0 fully saturated rings. The van der Waals surface area contributed by atoms with Gasteiger partial charge in [-0.15, -0.1) is 11.6 Å². The Bertz CT molecular complexity index is 615. The number of rotatable bonds is 3. The highest BCUT2D eigenvalue weighted by Crippen LogP contribution is 2.28. The molecule has 0 aliphatic rings. The van der Waals surface area contributed by atoms with Crippen LogP contribution >= 0.6 is 11.6 Å².